The summed E-state index contributed by atoms with van der Waals surface area (Å²) in [6.45, 7) is 1.88. The first-order chi connectivity index (χ1) is 12.4. The number of carbonyl (C=O) groups is 1. The van der Waals surface area contributed by atoms with E-state index < -0.39 is 23.5 Å². The second kappa shape index (κ2) is 7.57. The molecule has 0 atom stereocenters. The topological polar surface area (TPSA) is 77.4 Å². The van der Waals surface area contributed by atoms with E-state index in [1.165, 1.54) is 12.8 Å². The number of carboxylic acids is 1. The molecule has 0 spiro atoms. The van der Waals surface area contributed by atoms with E-state index in [1.54, 1.807) is 0 Å². The molecule has 0 unspecified atom stereocenters. The number of hydrogen-bond acceptors (Lipinski definition) is 5. The van der Waals surface area contributed by atoms with Gasteiger partial charge >= 0.3 is 18.9 Å². The number of hydrogen-bond donors (Lipinski definition) is 1. The van der Waals surface area contributed by atoms with E-state index in [-0.39, 0.29) is 49.0 Å². The largest absolute Gasteiger partial charge is 1.00 e. The van der Waals surface area contributed by atoms with Crippen molar-refractivity contribution < 1.29 is 37.5 Å². The van der Waals surface area contributed by atoms with Gasteiger partial charge in [0.05, 0.1) is 11.7 Å². The van der Waals surface area contributed by atoms with Crippen molar-refractivity contribution >= 4 is 11.7 Å². The molecule has 4 rings (SSSR count). The molecule has 0 radical (unpaired) electrons. The summed E-state index contributed by atoms with van der Waals surface area (Å²) in [6, 6.07) is 1.88. The maximum atomic E-state index is 13.3. The number of piperidine rings is 1. The third kappa shape index (κ3) is 3.94. The number of rotatable bonds is 6. The fourth-order valence-corrected chi connectivity index (χ4v) is 3.92. The van der Waals surface area contributed by atoms with Crippen LogP contribution in [0.2, 0.25) is 0 Å². The fraction of sp³-hybridized carbons (Fsp3) is 0.667. The van der Waals surface area contributed by atoms with Gasteiger partial charge in [-0.05, 0) is 38.5 Å². The van der Waals surface area contributed by atoms with Crippen LogP contribution in [0.3, 0.4) is 0 Å². The summed E-state index contributed by atoms with van der Waals surface area (Å²) in [5.74, 6) is -1.47. The molecule has 0 amide bonds. The first-order valence-electron chi connectivity index (χ1n) is 9.18. The van der Waals surface area contributed by atoms with Crippen molar-refractivity contribution in [3.05, 3.63) is 28.2 Å². The minimum atomic E-state index is -2.71. The Labute approximate surface area is 168 Å². The molecule has 2 aliphatic carbocycles. The summed E-state index contributed by atoms with van der Waals surface area (Å²) in [5.41, 5.74) is -2.23. The zero-order chi connectivity index (χ0) is 18.5. The second-order valence-corrected chi connectivity index (χ2v) is 7.69. The smallest absolute Gasteiger partial charge is 0.545 e. The van der Waals surface area contributed by atoms with Crippen LogP contribution < -0.4 is 34.8 Å². The van der Waals surface area contributed by atoms with Crippen molar-refractivity contribution in [2.45, 2.75) is 62.6 Å². The van der Waals surface area contributed by atoms with Gasteiger partial charge in [0.15, 0.2) is 0 Å². The molecule has 1 aromatic heterocycles. The number of likely N-dealkylation sites (tertiary alicyclic amines) is 1. The molecule has 2 heterocycles. The quantitative estimate of drug-likeness (QED) is 0.585. The number of nitrogens with zero attached hydrogens (tertiary/aromatic N) is 2. The zero-order valence-electron chi connectivity index (χ0n) is 15.4. The second-order valence-electron chi connectivity index (χ2n) is 7.69. The molecule has 1 aromatic rings. The number of aromatic nitrogens is 1. The summed E-state index contributed by atoms with van der Waals surface area (Å²) < 4.78 is 27.5. The summed E-state index contributed by atoms with van der Waals surface area (Å²) in [4.78, 5) is 26.3. The molecular formula is C18H22F2LiN3O3. The number of carboxylic acid groups (broad SMARTS) is 1. The molecule has 3 aliphatic rings. The van der Waals surface area contributed by atoms with Crippen LogP contribution in [0.25, 0.3) is 0 Å². The van der Waals surface area contributed by atoms with E-state index in [1.807, 2.05) is 0 Å². The van der Waals surface area contributed by atoms with E-state index in [4.69, 9.17) is 0 Å². The van der Waals surface area contributed by atoms with Crippen LogP contribution in [0, 0.1) is 0 Å². The Kier molecular flexibility index (Phi) is 5.71. The predicted octanol–water partition coefficient (Wildman–Crippen LogP) is -1.99. The Balaban J connectivity index is 0.00000210. The van der Waals surface area contributed by atoms with E-state index >= 15 is 0 Å². The standard InChI is InChI=1S/C18H23F2N3O3.Li/c19-17(20)18(5-6-18)23-10-13(16(25)26)14(9-15(23)24)21-11-3-7-22(8-4-11)12-1-2-12;/h9-12,17,21H,1-8H2,(H,25,26);/q;+1/p-1. The summed E-state index contributed by atoms with van der Waals surface area (Å²) in [5, 5.41) is 14.7. The maximum Gasteiger partial charge on any atom is 1.00 e. The van der Waals surface area contributed by atoms with Crippen LogP contribution in [0.15, 0.2) is 17.1 Å². The van der Waals surface area contributed by atoms with Crippen LogP contribution in [-0.2, 0) is 5.54 Å². The van der Waals surface area contributed by atoms with Gasteiger partial charge in [0.2, 0.25) is 0 Å². The SMILES string of the molecule is O=C([O-])c1cn(C2(C(F)F)CC2)c(=O)cc1NC1CCN(C2CC2)CC1.[Li+]. The van der Waals surface area contributed by atoms with Crippen molar-refractivity contribution in [3.63, 3.8) is 0 Å². The number of pyridine rings is 1. The van der Waals surface area contributed by atoms with Gasteiger partial charge in [0, 0.05) is 43.0 Å². The number of anilines is 1. The molecule has 142 valence electrons. The van der Waals surface area contributed by atoms with Crippen molar-refractivity contribution in [2.24, 2.45) is 0 Å². The molecule has 9 heteroatoms. The van der Waals surface area contributed by atoms with Gasteiger partial charge in [-0.2, -0.15) is 0 Å². The Hall–Kier alpha value is -1.36. The molecule has 1 saturated heterocycles. The number of carbonyl (C=O) groups excluding carboxylic acids is 1. The molecule has 1 N–H and O–H groups in total. The molecule has 2 saturated carbocycles. The van der Waals surface area contributed by atoms with Crippen LogP contribution in [0.5, 0.6) is 0 Å². The molecular weight excluding hydrogens is 351 g/mol. The average Bonchev–Trinajstić information content (AvgIpc) is 3.48. The number of halogens is 2. The van der Waals surface area contributed by atoms with E-state index in [0.29, 0.717) is 6.04 Å². The molecule has 0 aromatic carbocycles. The van der Waals surface area contributed by atoms with Gasteiger partial charge in [0.25, 0.3) is 12.0 Å². The van der Waals surface area contributed by atoms with E-state index in [2.05, 4.69) is 10.2 Å². The van der Waals surface area contributed by atoms with E-state index in [0.717, 1.165) is 42.8 Å². The van der Waals surface area contributed by atoms with Gasteiger partial charge in [-0.25, -0.2) is 8.78 Å². The fourth-order valence-electron chi connectivity index (χ4n) is 3.92. The minimum Gasteiger partial charge on any atom is -0.545 e. The number of aromatic carboxylic acids is 1. The van der Waals surface area contributed by atoms with Crippen LogP contribution in [0.1, 0.15) is 48.9 Å². The Morgan fingerprint density at radius 2 is 1.85 bits per heavy atom. The van der Waals surface area contributed by atoms with Crippen molar-refractivity contribution in [2.75, 3.05) is 18.4 Å². The van der Waals surface area contributed by atoms with Crippen LogP contribution in [-0.4, -0.2) is 47.0 Å². The first-order valence-corrected chi connectivity index (χ1v) is 9.18. The normalized spacial score (nSPS) is 22.3. The molecule has 0 bridgehead atoms. The van der Waals surface area contributed by atoms with Crippen molar-refractivity contribution in [3.8, 4) is 0 Å². The predicted molar refractivity (Wildman–Crippen MR) is 89.5 cm³/mol. The van der Waals surface area contributed by atoms with Gasteiger partial charge in [-0.15, -0.1) is 0 Å². The third-order valence-electron chi connectivity index (χ3n) is 5.87. The summed E-state index contributed by atoms with van der Waals surface area (Å²) >= 11 is 0. The number of nitrogens with one attached hydrogen (secondary N) is 1. The monoisotopic (exact) mass is 373 g/mol. The summed E-state index contributed by atoms with van der Waals surface area (Å²) in [7, 11) is 0. The van der Waals surface area contributed by atoms with Crippen LogP contribution in [0.4, 0.5) is 14.5 Å². The van der Waals surface area contributed by atoms with Crippen LogP contribution >= 0.6 is 0 Å². The Bertz CT molecular complexity index is 770. The Morgan fingerprint density at radius 1 is 1.22 bits per heavy atom. The molecule has 3 fully saturated rings. The van der Waals surface area contributed by atoms with Gasteiger partial charge in [-0.3, -0.25) is 4.79 Å². The van der Waals surface area contributed by atoms with Gasteiger partial charge in [0.1, 0.15) is 5.54 Å². The molecule has 6 nitrogen and oxygen atoms in total. The van der Waals surface area contributed by atoms with Crippen molar-refractivity contribution in [1.82, 2.24) is 9.47 Å². The van der Waals surface area contributed by atoms with Crippen molar-refractivity contribution in [1.29, 1.82) is 0 Å². The average molecular weight is 373 g/mol. The third-order valence-corrected chi connectivity index (χ3v) is 5.87. The maximum absolute atomic E-state index is 13.3. The zero-order valence-corrected chi connectivity index (χ0v) is 15.4. The molecule has 1 aliphatic heterocycles. The molecule has 27 heavy (non-hydrogen) atoms. The van der Waals surface area contributed by atoms with Gasteiger partial charge in [-0.1, -0.05) is 0 Å². The Morgan fingerprint density at radius 3 is 2.33 bits per heavy atom. The van der Waals surface area contributed by atoms with E-state index in [9.17, 15) is 23.5 Å². The number of alkyl halides is 2. The van der Waals surface area contributed by atoms with Gasteiger partial charge < -0.3 is 24.7 Å². The first kappa shape index (κ1) is 20.4. The summed E-state index contributed by atoms with van der Waals surface area (Å²) in [6.07, 6.45) is 2.86. The minimum absolute atomic E-state index is 0.